The lowest BCUT2D eigenvalue weighted by Gasteiger charge is -2.61. The van der Waals surface area contributed by atoms with E-state index in [4.69, 9.17) is 14.2 Å². The Kier molecular flexibility index (Phi) is 8.44. The number of nitrogens with one attached hydrogen (secondary N) is 1. The number of esters is 2. The molecule has 9 atom stereocenters. The fourth-order valence-electron chi connectivity index (χ4n) is 12.8. The van der Waals surface area contributed by atoms with E-state index in [2.05, 4.69) is 89.1 Å². The van der Waals surface area contributed by atoms with Crippen molar-refractivity contribution in [2.75, 3.05) is 52.3 Å². The number of hydrogen-bond acceptors (Lipinski definition) is 9. The molecule has 6 heterocycles. The maximum absolute atomic E-state index is 15.1. The second-order valence-corrected chi connectivity index (χ2v) is 17.1. The van der Waals surface area contributed by atoms with E-state index < -0.39 is 28.3 Å². The average molecular weight is 747 g/mol. The van der Waals surface area contributed by atoms with E-state index in [0.717, 1.165) is 78.0 Å². The maximum Gasteiger partial charge on any atom is 0.322 e. The zero-order valence-electron chi connectivity index (χ0n) is 33.2. The van der Waals surface area contributed by atoms with Gasteiger partial charge in [0, 0.05) is 90.9 Å². The van der Waals surface area contributed by atoms with E-state index in [0.29, 0.717) is 25.1 Å². The van der Waals surface area contributed by atoms with Crippen LogP contribution in [0, 0.1) is 17.3 Å². The maximum atomic E-state index is 15.1. The number of carbonyl (C=O) groups is 3. The number of hydrogen-bond donors (Lipinski definition) is 1. The van der Waals surface area contributed by atoms with Gasteiger partial charge in [0.15, 0.2) is 0 Å². The first-order valence-corrected chi connectivity index (χ1v) is 20.1. The number of para-hydroxylation sites is 1. The minimum atomic E-state index is -1.23. The Morgan fingerprint density at radius 3 is 2.55 bits per heavy atom. The van der Waals surface area contributed by atoms with Gasteiger partial charge in [-0.3, -0.25) is 24.2 Å². The van der Waals surface area contributed by atoms with E-state index in [1.54, 1.807) is 14.0 Å². The van der Waals surface area contributed by atoms with Crippen LogP contribution in [0.4, 0.5) is 5.69 Å². The lowest BCUT2D eigenvalue weighted by molar-refractivity contribution is -0.174. The van der Waals surface area contributed by atoms with Gasteiger partial charge in [-0.05, 0) is 68.3 Å². The van der Waals surface area contributed by atoms with Gasteiger partial charge in [-0.25, -0.2) is 0 Å². The molecule has 55 heavy (non-hydrogen) atoms. The first-order valence-electron chi connectivity index (χ1n) is 20.1. The van der Waals surface area contributed by atoms with Crippen molar-refractivity contribution in [1.82, 2.24) is 14.8 Å². The summed E-state index contributed by atoms with van der Waals surface area (Å²) in [6.45, 7) is 11.6. The van der Waals surface area contributed by atoms with Gasteiger partial charge in [0.25, 0.3) is 0 Å². The molecule has 0 amide bonds. The summed E-state index contributed by atoms with van der Waals surface area (Å²) in [4.78, 5) is 53.3. The highest BCUT2D eigenvalue weighted by Gasteiger charge is 2.74. The number of likely N-dealkylation sites (N-methyl/N-ethyl adjacent to an activating group) is 1. The fraction of sp³-hybridized carbons (Fsp3) is 0.533. The summed E-state index contributed by atoms with van der Waals surface area (Å²) >= 11 is 0. The molecule has 2 bridgehead atoms. The number of H-pyrrole nitrogens is 1. The van der Waals surface area contributed by atoms with Crippen LogP contribution in [0.2, 0.25) is 0 Å². The zero-order valence-corrected chi connectivity index (χ0v) is 33.2. The van der Waals surface area contributed by atoms with Crippen molar-refractivity contribution in [3.63, 3.8) is 0 Å². The second kappa shape index (κ2) is 12.8. The Labute approximate surface area is 323 Å². The van der Waals surface area contributed by atoms with E-state index in [1.165, 1.54) is 19.6 Å². The number of carbonyl (C=O) groups excluding carboxylic acids is 3. The summed E-state index contributed by atoms with van der Waals surface area (Å²) in [7, 11) is 5.26. The topological polar surface area (TPSA) is 104 Å². The van der Waals surface area contributed by atoms with E-state index in [9.17, 15) is 9.59 Å². The smallest absolute Gasteiger partial charge is 0.322 e. The first-order chi connectivity index (χ1) is 26.5. The van der Waals surface area contributed by atoms with Gasteiger partial charge in [0.1, 0.15) is 23.1 Å². The van der Waals surface area contributed by atoms with Crippen molar-refractivity contribution in [3.05, 3.63) is 82.6 Å². The monoisotopic (exact) mass is 746 g/mol. The zero-order chi connectivity index (χ0) is 38.6. The van der Waals surface area contributed by atoms with Crippen LogP contribution in [0.3, 0.4) is 0 Å². The molecule has 1 aliphatic carbocycles. The number of nitrogens with zero attached hydrogens (tertiary/aromatic N) is 3. The molecule has 10 heteroatoms. The molecule has 1 saturated heterocycles. The molecule has 1 N–H and O–H groups in total. The molecular weight excluding hydrogens is 693 g/mol. The molecule has 2 aromatic carbocycles. The van der Waals surface area contributed by atoms with E-state index in [1.807, 2.05) is 6.07 Å². The van der Waals surface area contributed by atoms with Gasteiger partial charge in [-0.2, -0.15) is 0 Å². The SMILES string of the molecule is CCC1=C[C@@H]2CN(C1)Cc1c([nH]c3ccccc13)[C@@](C(=O)OC)(c1cc3c(cc1OC)N(C)[C@H]1[C@@H](C(C)=O)[C@H](OC(C)=O)[C@]4(CC)C=CCN5CCC31[C@@H]54)C2. The second-order valence-electron chi connectivity index (χ2n) is 17.1. The molecule has 9 rings (SSSR count). The van der Waals surface area contributed by atoms with Crippen LogP contribution >= 0.6 is 0 Å². The van der Waals surface area contributed by atoms with E-state index >= 15 is 4.79 Å². The molecule has 2 unspecified atom stereocenters. The van der Waals surface area contributed by atoms with Gasteiger partial charge in [0.05, 0.1) is 26.2 Å². The molecule has 0 radical (unpaired) electrons. The fourth-order valence-corrected chi connectivity index (χ4v) is 12.8. The Hall–Kier alpha value is -4.41. The summed E-state index contributed by atoms with van der Waals surface area (Å²) in [6.07, 6.45) is 9.23. The highest BCUT2D eigenvalue weighted by Crippen LogP contribution is 2.67. The predicted octanol–water partition coefficient (Wildman–Crippen LogP) is 6.05. The van der Waals surface area contributed by atoms with Crippen LogP contribution in [-0.4, -0.2) is 98.1 Å². The van der Waals surface area contributed by atoms with Crippen LogP contribution in [0.15, 0.2) is 60.2 Å². The van der Waals surface area contributed by atoms with Gasteiger partial charge < -0.3 is 24.1 Å². The van der Waals surface area contributed by atoms with Crippen LogP contribution < -0.4 is 9.64 Å². The van der Waals surface area contributed by atoms with Gasteiger partial charge >= 0.3 is 11.9 Å². The summed E-state index contributed by atoms with van der Waals surface area (Å²) in [5, 5.41) is 1.11. The first kappa shape index (κ1) is 36.2. The van der Waals surface area contributed by atoms with Gasteiger partial charge in [0.2, 0.25) is 0 Å². The van der Waals surface area contributed by atoms with Crippen molar-refractivity contribution in [2.45, 2.75) is 88.9 Å². The van der Waals surface area contributed by atoms with Crippen LogP contribution in [0.5, 0.6) is 5.75 Å². The highest BCUT2D eigenvalue weighted by molar-refractivity contribution is 5.94. The minimum Gasteiger partial charge on any atom is -0.496 e. The Bertz CT molecular complexity index is 2170. The number of aromatic nitrogens is 1. The number of ether oxygens (including phenoxy) is 3. The van der Waals surface area contributed by atoms with Crippen molar-refractivity contribution in [2.24, 2.45) is 17.3 Å². The lowest BCUT2D eigenvalue weighted by Crippen LogP contribution is -2.73. The molecule has 1 saturated carbocycles. The number of fused-ring (bicyclic) bond motifs is 6. The summed E-state index contributed by atoms with van der Waals surface area (Å²) < 4.78 is 18.7. The molecule has 3 aromatic rings. The van der Waals surface area contributed by atoms with Crippen LogP contribution in [0.25, 0.3) is 10.9 Å². The molecule has 290 valence electrons. The normalized spacial score (nSPS) is 34.5. The highest BCUT2D eigenvalue weighted by atomic mass is 16.5. The Balaban J connectivity index is 1.35. The molecule has 5 aliphatic heterocycles. The number of Topliss-reactive ketones (excluding diaryl/α,β-unsaturated/α-hetero) is 1. The van der Waals surface area contributed by atoms with Crippen molar-refractivity contribution in [3.8, 4) is 5.75 Å². The summed E-state index contributed by atoms with van der Waals surface area (Å²) in [5.74, 6) is -0.548. The van der Waals surface area contributed by atoms with Gasteiger partial charge in [-0.1, -0.05) is 55.8 Å². The minimum absolute atomic E-state index is 0.0142. The molecule has 10 nitrogen and oxygen atoms in total. The lowest BCUT2D eigenvalue weighted by atomic mass is 9.48. The molecule has 1 spiro atoms. The average Bonchev–Trinajstić information content (AvgIpc) is 3.83. The standard InChI is InChI=1S/C45H54N4O6/c1-8-28-19-29-22-45(42(52)54-7,38-31(25-48(23-28)24-29)30-13-10-11-14-34(30)46-38)33-20-32-35(21-36(33)53-6)47(5)39-37(26(3)50)40(55-27(4)51)43(9-2)15-12-17-49-18-16-44(32,39)41(43)49/h10-15,19-21,29,37,39-41,46H,8-9,16-18,22-25H2,1-7H3/t29-,37+,39-,40-,41-,43-,44?,45-/m0/s1. The molecular formula is C45H54N4O6. The number of methoxy groups -OCH3 is 2. The third-order valence-corrected chi connectivity index (χ3v) is 14.7. The van der Waals surface area contributed by atoms with Crippen molar-refractivity contribution >= 4 is 34.3 Å². The number of aromatic amines is 1. The van der Waals surface area contributed by atoms with Crippen LogP contribution in [-0.2, 0) is 41.2 Å². The quantitative estimate of drug-likeness (QED) is 0.229. The van der Waals surface area contributed by atoms with Crippen molar-refractivity contribution in [1.29, 1.82) is 0 Å². The number of anilines is 1. The molecule has 2 fully saturated rings. The van der Waals surface area contributed by atoms with Crippen LogP contribution in [0.1, 0.15) is 75.8 Å². The Morgan fingerprint density at radius 1 is 1.04 bits per heavy atom. The summed E-state index contributed by atoms with van der Waals surface area (Å²) in [5.41, 5.74) is 4.92. The molecule has 6 aliphatic rings. The third-order valence-electron chi connectivity index (χ3n) is 14.7. The number of ketones is 1. The molecule has 1 aromatic heterocycles. The number of benzene rings is 2. The predicted molar refractivity (Wildman–Crippen MR) is 211 cm³/mol. The third kappa shape index (κ3) is 4.76. The van der Waals surface area contributed by atoms with Crippen molar-refractivity contribution < 1.29 is 28.6 Å². The summed E-state index contributed by atoms with van der Waals surface area (Å²) in [6, 6.07) is 12.4. The van der Waals surface area contributed by atoms with E-state index in [-0.39, 0.29) is 35.7 Å². The Morgan fingerprint density at radius 2 is 1.84 bits per heavy atom. The van der Waals surface area contributed by atoms with Gasteiger partial charge in [-0.15, -0.1) is 0 Å². The largest absolute Gasteiger partial charge is 0.496 e. The number of rotatable bonds is 7.